The Morgan fingerprint density at radius 3 is 2.42 bits per heavy atom. The molecule has 0 N–H and O–H groups in total. The van der Waals surface area contributed by atoms with E-state index in [0.29, 0.717) is 5.56 Å². The van der Waals surface area contributed by atoms with Gasteiger partial charge in [-0.05, 0) is 29.1 Å². The minimum Gasteiger partial charge on any atom is -0.298 e. The quantitative estimate of drug-likeness (QED) is 0.852. The summed E-state index contributed by atoms with van der Waals surface area (Å²) in [4.78, 5) is 11.7. The monoisotopic (exact) mass is 298 g/mol. The first-order valence-electron chi connectivity index (χ1n) is 5.50. The highest BCUT2D eigenvalue weighted by Crippen LogP contribution is 2.18. The summed E-state index contributed by atoms with van der Waals surface area (Å²) in [7, 11) is -3.55. The summed E-state index contributed by atoms with van der Waals surface area (Å²) in [5.41, 5.74) is 0.604. The van der Waals surface area contributed by atoms with Gasteiger partial charge >= 0.3 is 0 Å². The maximum Gasteiger partial charge on any atom is 0.194 e. The minimum atomic E-state index is -3.55. The fourth-order valence-corrected chi connectivity index (χ4v) is 3.94. The maximum atomic E-state index is 12.7. The number of carbonyl (C=O) groups is 1. The molecule has 2 aromatic rings. The van der Waals surface area contributed by atoms with Crippen LogP contribution in [-0.4, -0.2) is 20.0 Å². The molecule has 2 rings (SSSR count). The van der Waals surface area contributed by atoms with Crippen molar-refractivity contribution in [2.45, 2.75) is 10.6 Å². The normalized spacial score (nSPS) is 11.4. The predicted octanol–water partition coefficient (Wildman–Crippen LogP) is 2.47. The number of Topliss-reactive ketones (excluding diaryl/α,β-unsaturated/α-hetero) is 1. The molecule has 0 fully saturated rings. The molecule has 1 aromatic carbocycles. The second kappa shape index (κ2) is 5.63. The third-order valence-electron chi connectivity index (χ3n) is 2.47. The average Bonchev–Trinajstić information content (AvgIpc) is 2.85. The Morgan fingerprint density at radius 1 is 1.16 bits per heavy atom. The lowest BCUT2D eigenvalue weighted by Crippen LogP contribution is -2.17. The summed E-state index contributed by atoms with van der Waals surface area (Å²) in [6.07, 6.45) is -0.00904. The molecule has 0 saturated carbocycles. The molecule has 1 aromatic heterocycles. The lowest BCUT2D eigenvalue weighted by molar-refractivity contribution is -0.116. The summed E-state index contributed by atoms with van der Waals surface area (Å²) in [6, 6.07) is 8.55. The van der Waals surface area contributed by atoms with Gasteiger partial charge < -0.3 is 0 Å². The van der Waals surface area contributed by atoms with Crippen LogP contribution in [0.3, 0.4) is 0 Å². The standard InChI is InChI=1S/C13H11FO3S2/c14-11-5-3-10(4-6-11)8-12(15)9-19(16,17)13-2-1-7-18-13/h1-7H,8-9H2. The molecule has 0 saturated heterocycles. The van der Waals surface area contributed by atoms with Gasteiger partial charge in [0.25, 0.3) is 0 Å². The van der Waals surface area contributed by atoms with Crippen molar-refractivity contribution in [1.82, 2.24) is 0 Å². The van der Waals surface area contributed by atoms with E-state index in [1.165, 1.54) is 30.3 Å². The smallest absolute Gasteiger partial charge is 0.194 e. The first-order chi connectivity index (χ1) is 8.97. The van der Waals surface area contributed by atoms with Gasteiger partial charge in [0.1, 0.15) is 15.8 Å². The van der Waals surface area contributed by atoms with Crippen molar-refractivity contribution in [2.24, 2.45) is 0 Å². The third-order valence-corrected chi connectivity index (χ3v) is 5.63. The van der Waals surface area contributed by atoms with Crippen LogP contribution in [-0.2, 0) is 21.1 Å². The van der Waals surface area contributed by atoms with Crippen LogP contribution in [0.1, 0.15) is 5.56 Å². The van der Waals surface area contributed by atoms with Gasteiger partial charge in [0.15, 0.2) is 15.6 Å². The zero-order valence-electron chi connectivity index (χ0n) is 9.87. The van der Waals surface area contributed by atoms with Gasteiger partial charge in [0.2, 0.25) is 0 Å². The second-order valence-corrected chi connectivity index (χ2v) is 7.20. The molecule has 0 unspecified atom stereocenters. The minimum absolute atomic E-state index is 0.00904. The number of ketones is 1. The van der Waals surface area contributed by atoms with Gasteiger partial charge in [-0.15, -0.1) is 11.3 Å². The van der Waals surface area contributed by atoms with Crippen LogP contribution in [0.2, 0.25) is 0 Å². The van der Waals surface area contributed by atoms with E-state index in [0.717, 1.165) is 11.3 Å². The van der Waals surface area contributed by atoms with E-state index in [9.17, 15) is 17.6 Å². The van der Waals surface area contributed by atoms with Gasteiger partial charge in [0, 0.05) is 6.42 Å². The van der Waals surface area contributed by atoms with Crippen LogP contribution < -0.4 is 0 Å². The lowest BCUT2D eigenvalue weighted by Gasteiger charge is -2.02. The summed E-state index contributed by atoms with van der Waals surface area (Å²) < 4.78 is 36.7. The van der Waals surface area contributed by atoms with Crippen molar-refractivity contribution in [3.8, 4) is 0 Å². The Hall–Kier alpha value is -1.53. The molecule has 3 nitrogen and oxygen atoms in total. The van der Waals surface area contributed by atoms with Crippen molar-refractivity contribution < 1.29 is 17.6 Å². The van der Waals surface area contributed by atoms with E-state index in [2.05, 4.69) is 0 Å². The summed E-state index contributed by atoms with van der Waals surface area (Å²) >= 11 is 1.09. The molecule has 0 aliphatic carbocycles. The van der Waals surface area contributed by atoms with Crippen molar-refractivity contribution in [2.75, 3.05) is 5.75 Å². The van der Waals surface area contributed by atoms with E-state index < -0.39 is 21.4 Å². The first-order valence-corrected chi connectivity index (χ1v) is 8.03. The fraction of sp³-hybridized carbons (Fsp3) is 0.154. The number of rotatable bonds is 5. The largest absolute Gasteiger partial charge is 0.298 e. The Labute approximate surface area is 114 Å². The van der Waals surface area contributed by atoms with Crippen LogP contribution in [0.25, 0.3) is 0 Å². The van der Waals surface area contributed by atoms with E-state index in [4.69, 9.17) is 0 Å². The van der Waals surface area contributed by atoms with Crippen molar-refractivity contribution in [1.29, 1.82) is 0 Å². The van der Waals surface area contributed by atoms with Gasteiger partial charge in [-0.1, -0.05) is 18.2 Å². The van der Waals surface area contributed by atoms with Gasteiger partial charge in [-0.25, -0.2) is 12.8 Å². The molecule has 0 amide bonds. The molecule has 0 radical (unpaired) electrons. The molecule has 0 atom stereocenters. The summed E-state index contributed by atoms with van der Waals surface area (Å²) in [5.74, 6) is -1.31. The van der Waals surface area contributed by atoms with Gasteiger partial charge in [0.05, 0.1) is 0 Å². The average molecular weight is 298 g/mol. The van der Waals surface area contributed by atoms with E-state index >= 15 is 0 Å². The number of halogens is 1. The number of sulfone groups is 1. The SMILES string of the molecule is O=C(Cc1ccc(F)cc1)CS(=O)(=O)c1cccs1. The molecule has 1 heterocycles. The Balaban J connectivity index is 2.04. The van der Waals surface area contributed by atoms with Crippen molar-refractivity contribution >= 4 is 27.0 Å². The Bertz CT molecular complexity index is 658. The highest BCUT2D eigenvalue weighted by atomic mass is 32.2. The predicted molar refractivity (Wildman–Crippen MR) is 71.5 cm³/mol. The molecule has 100 valence electrons. The molecular formula is C13H11FO3S2. The molecule has 6 heteroatoms. The van der Waals surface area contributed by atoms with Crippen LogP contribution >= 0.6 is 11.3 Å². The highest BCUT2D eigenvalue weighted by Gasteiger charge is 2.20. The highest BCUT2D eigenvalue weighted by molar-refractivity contribution is 7.94. The second-order valence-electron chi connectivity index (χ2n) is 4.03. The van der Waals surface area contributed by atoms with Crippen LogP contribution in [0.15, 0.2) is 46.0 Å². The van der Waals surface area contributed by atoms with Gasteiger partial charge in [-0.3, -0.25) is 4.79 Å². The lowest BCUT2D eigenvalue weighted by atomic mass is 10.1. The number of hydrogen-bond donors (Lipinski definition) is 0. The first kappa shape index (κ1) is 13.9. The van der Waals surface area contributed by atoms with Crippen LogP contribution in [0.4, 0.5) is 4.39 Å². The third kappa shape index (κ3) is 3.71. The van der Waals surface area contributed by atoms with Crippen LogP contribution in [0.5, 0.6) is 0 Å². The number of thiophene rings is 1. The molecule has 0 spiro atoms. The number of benzene rings is 1. The summed E-state index contributed by atoms with van der Waals surface area (Å²) in [5, 5.41) is 1.65. The maximum absolute atomic E-state index is 12.7. The fourth-order valence-electron chi connectivity index (χ4n) is 1.60. The van der Waals surface area contributed by atoms with E-state index in [1.807, 2.05) is 0 Å². The van der Waals surface area contributed by atoms with Crippen molar-refractivity contribution in [3.05, 3.63) is 53.2 Å². The molecule has 19 heavy (non-hydrogen) atoms. The zero-order valence-corrected chi connectivity index (χ0v) is 11.5. The van der Waals surface area contributed by atoms with Crippen molar-refractivity contribution in [3.63, 3.8) is 0 Å². The molecule has 0 bridgehead atoms. The van der Waals surface area contributed by atoms with E-state index in [1.54, 1.807) is 11.4 Å². The molecule has 0 aliphatic heterocycles. The number of carbonyl (C=O) groups excluding carboxylic acids is 1. The van der Waals surface area contributed by atoms with Crippen LogP contribution in [0, 0.1) is 5.82 Å². The molecular weight excluding hydrogens is 287 g/mol. The zero-order chi connectivity index (χ0) is 13.9. The molecule has 0 aliphatic rings. The van der Waals surface area contributed by atoms with E-state index in [-0.39, 0.29) is 16.4 Å². The topological polar surface area (TPSA) is 51.2 Å². The Kier molecular flexibility index (Phi) is 4.11. The number of hydrogen-bond acceptors (Lipinski definition) is 4. The summed E-state index contributed by atoms with van der Waals surface area (Å²) in [6.45, 7) is 0. The Morgan fingerprint density at radius 2 is 1.84 bits per heavy atom. The van der Waals surface area contributed by atoms with Gasteiger partial charge in [-0.2, -0.15) is 0 Å².